The number of carboxylic acids is 1. The highest BCUT2D eigenvalue weighted by Gasteiger charge is 2.30. The van der Waals surface area contributed by atoms with Gasteiger partial charge in [-0.05, 0) is 82.2 Å². The average Bonchev–Trinajstić information content (AvgIpc) is 2.85. The lowest BCUT2D eigenvalue weighted by Gasteiger charge is -2.38. The third-order valence-corrected chi connectivity index (χ3v) is 7.21. The number of urea groups is 1. The molecular weight excluding hydrogens is 475 g/mol. The van der Waals surface area contributed by atoms with Crippen LogP contribution in [0.15, 0.2) is 42.5 Å². The van der Waals surface area contributed by atoms with Crippen LogP contribution in [0.2, 0.25) is 0 Å². The van der Waals surface area contributed by atoms with Gasteiger partial charge in [-0.1, -0.05) is 31.2 Å². The number of hydrogen-bond acceptors (Lipinski definition) is 4. The number of benzene rings is 2. The molecule has 0 spiro atoms. The van der Waals surface area contributed by atoms with Gasteiger partial charge in [0, 0.05) is 17.8 Å². The van der Waals surface area contributed by atoms with Crippen LogP contribution in [0.3, 0.4) is 0 Å². The molecular formula is C29H39FN2O5. The van der Waals surface area contributed by atoms with Crippen LogP contribution in [-0.4, -0.2) is 52.9 Å². The highest BCUT2D eigenvalue weighted by atomic mass is 19.1. The van der Waals surface area contributed by atoms with Crippen LogP contribution >= 0.6 is 0 Å². The maximum Gasteiger partial charge on any atom is 0.336 e. The van der Waals surface area contributed by atoms with Crippen LogP contribution < -0.4 is 5.32 Å². The summed E-state index contributed by atoms with van der Waals surface area (Å²) in [6.45, 7) is 8.83. The second-order valence-corrected chi connectivity index (χ2v) is 10.3. The molecule has 2 atom stereocenters. The summed E-state index contributed by atoms with van der Waals surface area (Å²) in [7, 11) is 0. The fourth-order valence-electron chi connectivity index (χ4n) is 4.71. The van der Waals surface area contributed by atoms with Crippen molar-refractivity contribution in [2.24, 2.45) is 0 Å². The first-order valence-corrected chi connectivity index (χ1v) is 13.0. The Morgan fingerprint density at radius 3 is 2.51 bits per heavy atom. The van der Waals surface area contributed by atoms with Crippen molar-refractivity contribution in [1.82, 2.24) is 4.90 Å². The van der Waals surface area contributed by atoms with Crippen molar-refractivity contribution in [2.75, 3.05) is 18.5 Å². The predicted molar refractivity (Wildman–Crippen MR) is 141 cm³/mol. The van der Waals surface area contributed by atoms with E-state index >= 15 is 0 Å². The standard InChI is InChI=1S/C29H39FN2O5/c1-5-29(3,4)32(28(35)31-23-12-7-11-22(30)17-23)15-16-36-24-13-8-14-25(18-24)37-19-21-10-6-9-20(2)26(21)27(33)34/h6-7,9-12,17,24-25H,5,8,13-16,18-19H2,1-4H3,(H,31,35)(H,33,34). The van der Waals surface area contributed by atoms with E-state index in [9.17, 15) is 19.1 Å². The molecule has 2 aromatic rings. The molecule has 2 aromatic carbocycles. The zero-order chi connectivity index (χ0) is 27.0. The summed E-state index contributed by atoms with van der Waals surface area (Å²) in [5.41, 5.74) is 1.71. The maximum atomic E-state index is 13.6. The molecule has 0 aliphatic heterocycles. The number of halogens is 1. The molecule has 202 valence electrons. The maximum absolute atomic E-state index is 13.6. The van der Waals surface area contributed by atoms with Gasteiger partial charge in [-0.15, -0.1) is 0 Å². The largest absolute Gasteiger partial charge is 0.478 e. The average molecular weight is 515 g/mol. The van der Waals surface area contributed by atoms with Crippen LogP contribution in [0, 0.1) is 12.7 Å². The fourth-order valence-corrected chi connectivity index (χ4v) is 4.71. The Morgan fingerprint density at radius 1 is 1.14 bits per heavy atom. The summed E-state index contributed by atoms with van der Waals surface area (Å²) < 4.78 is 25.9. The molecule has 0 radical (unpaired) electrons. The molecule has 0 saturated heterocycles. The van der Waals surface area contributed by atoms with E-state index in [1.165, 1.54) is 12.1 Å². The van der Waals surface area contributed by atoms with Crippen molar-refractivity contribution in [3.05, 3.63) is 65.0 Å². The number of carboxylic acid groups (broad SMARTS) is 1. The molecule has 0 bridgehead atoms. The van der Waals surface area contributed by atoms with Gasteiger partial charge in [-0.2, -0.15) is 0 Å². The molecule has 1 fully saturated rings. The van der Waals surface area contributed by atoms with Gasteiger partial charge in [0.1, 0.15) is 5.82 Å². The molecule has 0 aromatic heterocycles. The smallest absolute Gasteiger partial charge is 0.336 e. The molecule has 1 saturated carbocycles. The molecule has 1 aliphatic carbocycles. The van der Waals surface area contributed by atoms with Crippen LogP contribution in [0.25, 0.3) is 0 Å². The number of hydrogen-bond donors (Lipinski definition) is 2. The van der Waals surface area contributed by atoms with Crippen molar-refractivity contribution >= 4 is 17.7 Å². The van der Waals surface area contributed by atoms with E-state index in [-0.39, 0.29) is 24.8 Å². The van der Waals surface area contributed by atoms with Gasteiger partial charge in [-0.3, -0.25) is 0 Å². The van der Waals surface area contributed by atoms with Gasteiger partial charge in [-0.25, -0.2) is 14.0 Å². The van der Waals surface area contributed by atoms with E-state index in [4.69, 9.17) is 9.47 Å². The highest BCUT2D eigenvalue weighted by Crippen LogP contribution is 2.26. The zero-order valence-electron chi connectivity index (χ0n) is 22.3. The van der Waals surface area contributed by atoms with E-state index in [0.717, 1.165) is 37.7 Å². The topological polar surface area (TPSA) is 88.1 Å². The summed E-state index contributed by atoms with van der Waals surface area (Å²) in [6.07, 6.45) is 4.24. The number of nitrogens with one attached hydrogen (secondary N) is 1. The lowest BCUT2D eigenvalue weighted by molar-refractivity contribution is -0.0547. The Labute approximate surface area is 219 Å². The summed E-state index contributed by atoms with van der Waals surface area (Å²) in [5, 5.41) is 12.3. The number of carbonyl (C=O) groups is 2. The van der Waals surface area contributed by atoms with Crippen molar-refractivity contribution in [2.45, 2.75) is 84.2 Å². The van der Waals surface area contributed by atoms with Gasteiger partial charge in [0.2, 0.25) is 0 Å². The monoisotopic (exact) mass is 514 g/mol. The van der Waals surface area contributed by atoms with Gasteiger partial charge in [0.05, 0.1) is 31.0 Å². The van der Waals surface area contributed by atoms with Crippen LogP contribution in [-0.2, 0) is 16.1 Å². The van der Waals surface area contributed by atoms with E-state index in [0.29, 0.717) is 30.0 Å². The SMILES string of the molecule is CCC(C)(C)N(CCOC1CCCC(OCc2cccc(C)c2C(=O)O)C1)C(=O)Nc1cccc(F)c1. The van der Waals surface area contributed by atoms with Crippen molar-refractivity contribution in [3.63, 3.8) is 0 Å². The molecule has 2 unspecified atom stereocenters. The number of rotatable bonds is 11. The zero-order valence-corrected chi connectivity index (χ0v) is 22.3. The minimum atomic E-state index is -0.942. The van der Waals surface area contributed by atoms with Crippen LogP contribution in [0.1, 0.15) is 74.4 Å². The number of aromatic carboxylic acids is 1. The number of nitrogens with zero attached hydrogens (tertiary/aromatic N) is 1. The molecule has 7 nitrogen and oxygen atoms in total. The first-order chi connectivity index (χ1) is 17.6. The van der Waals surface area contributed by atoms with Crippen molar-refractivity contribution in [1.29, 1.82) is 0 Å². The molecule has 2 N–H and O–H groups in total. The Hall–Kier alpha value is -2.97. The molecule has 2 amide bonds. The first kappa shape index (κ1) is 28.6. The molecule has 37 heavy (non-hydrogen) atoms. The fraction of sp³-hybridized carbons (Fsp3) is 0.517. The Morgan fingerprint density at radius 2 is 1.84 bits per heavy atom. The van der Waals surface area contributed by atoms with E-state index in [1.807, 2.05) is 26.8 Å². The Kier molecular flexibility index (Phi) is 10.1. The normalized spacial score (nSPS) is 17.9. The summed E-state index contributed by atoms with van der Waals surface area (Å²) in [4.78, 5) is 26.4. The first-order valence-electron chi connectivity index (χ1n) is 13.0. The number of aryl methyl sites for hydroxylation is 1. The lowest BCUT2D eigenvalue weighted by Crippen LogP contribution is -2.51. The molecule has 1 aliphatic rings. The molecule has 0 heterocycles. The van der Waals surface area contributed by atoms with Crippen LogP contribution in [0.5, 0.6) is 0 Å². The van der Waals surface area contributed by atoms with Gasteiger partial charge >= 0.3 is 12.0 Å². The van der Waals surface area contributed by atoms with Crippen molar-refractivity contribution < 1.29 is 28.6 Å². The predicted octanol–water partition coefficient (Wildman–Crippen LogP) is 6.40. The second-order valence-electron chi connectivity index (χ2n) is 10.3. The summed E-state index contributed by atoms with van der Waals surface area (Å²) >= 11 is 0. The lowest BCUT2D eigenvalue weighted by atomic mass is 9.94. The van der Waals surface area contributed by atoms with E-state index < -0.39 is 17.3 Å². The third-order valence-electron chi connectivity index (χ3n) is 7.21. The van der Waals surface area contributed by atoms with E-state index in [2.05, 4.69) is 5.32 Å². The summed E-state index contributed by atoms with van der Waals surface area (Å²) in [6, 6.07) is 11.0. The summed E-state index contributed by atoms with van der Waals surface area (Å²) in [5.74, 6) is -1.35. The minimum absolute atomic E-state index is 0.00747. The molecule has 8 heteroatoms. The van der Waals surface area contributed by atoms with Gasteiger partial charge in [0.25, 0.3) is 0 Å². The number of amides is 2. The Bertz CT molecular complexity index is 1070. The number of carbonyl (C=O) groups excluding carboxylic acids is 1. The third kappa shape index (κ3) is 8.01. The Balaban J connectivity index is 1.53. The second kappa shape index (κ2) is 13.0. The van der Waals surface area contributed by atoms with E-state index in [1.54, 1.807) is 36.1 Å². The number of ether oxygens (including phenoxy) is 2. The van der Waals surface area contributed by atoms with Gasteiger partial charge < -0.3 is 24.8 Å². The van der Waals surface area contributed by atoms with Crippen LogP contribution in [0.4, 0.5) is 14.9 Å². The quantitative estimate of drug-likeness (QED) is 0.362. The number of anilines is 1. The highest BCUT2D eigenvalue weighted by molar-refractivity contribution is 5.91. The minimum Gasteiger partial charge on any atom is -0.478 e. The molecule has 3 rings (SSSR count). The van der Waals surface area contributed by atoms with Gasteiger partial charge in [0.15, 0.2) is 0 Å². The van der Waals surface area contributed by atoms with Crippen molar-refractivity contribution in [3.8, 4) is 0 Å².